The molecular formula is C38H25IS2. The lowest BCUT2D eigenvalue weighted by Gasteiger charge is -2.08. The Balaban J connectivity index is 1.04. The minimum absolute atomic E-state index is 1.23. The van der Waals surface area contributed by atoms with Gasteiger partial charge in [-0.2, -0.15) is 0 Å². The molecule has 7 aromatic rings. The van der Waals surface area contributed by atoms with Crippen molar-refractivity contribution in [3.8, 4) is 64.7 Å². The lowest BCUT2D eigenvalue weighted by Crippen LogP contribution is -1.83. The van der Waals surface area contributed by atoms with Crippen LogP contribution in [0.25, 0.3) is 64.7 Å². The van der Waals surface area contributed by atoms with Gasteiger partial charge in [0.1, 0.15) is 0 Å². The summed E-state index contributed by atoms with van der Waals surface area (Å²) in [5, 5.41) is 0. The number of hydrogen-bond donors (Lipinski definition) is 0. The van der Waals surface area contributed by atoms with Crippen LogP contribution in [0.15, 0.2) is 152 Å². The van der Waals surface area contributed by atoms with Gasteiger partial charge in [-0.15, -0.1) is 22.7 Å². The van der Waals surface area contributed by atoms with Crippen molar-refractivity contribution in [1.82, 2.24) is 0 Å². The highest BCUT2D eigenvalue weighted by atomic mass is 127. The molecule has 7 rings (SSSR count). The van der Waals surface area contributed by atoms with Crippen molar-refractivity contribution in [2.75, 3.05) is 0 Å². The van der Waals surface area contributed by atoms with Gasteiger partial charge in [0, 0.05) is 14.6 Å². The summed E-state index contributed by atoms with van der Waals surface area (Å²) < 4.78 is 1.32. The molecule has 41 heavy (non-hydrogen) atoms. The van der Waals surface area contributed by atoms with Gasteiger partial charge < -0.3 is 0 Å². The zero-order valence-electron chi connectivity index (χ0n) is 22.1. The summed E-state index contributed by atoms with van der Waals surface area (Å²) in [4.78, 5) is 3.98. The fourth-order valence-electron chi connectivity index (χ4n) is 5.10. The molecule has 0 aliphatic carbocycles. The minimum atomic E-state index is 1.23. The van der Waals surface area contributed by atoms with E-state index < -0.39 is 0 Å². The lowest BCUT2D eigenvalue weighted by molar-refractivity contribution is 1.57. The van der Waals surface area contributed by atoms with Crippen molar-refractivity contribution in [1.29, 1.82) is 0 Å². The maximum Gasteiger partial charge on any atom is 0.0660 e. The van der Waals surface area contributed by atoms with E-state index in [0.717, 1.165) is 0 Å². The van der Waals surface area contributed by atoms with Crippen molar-refractivity contribution >= 4 is 45.3 Å². The third kappa shape index (κ3) is 5.71. The maximum atomic E-state index is 2.39. The minimum Gasteiger partial charge on any atom is -0.134 e. The lowest BCUT2D eigenvalue weighted by atomic mass is 9.97. The average molecular weight is 673 g/mol. The molecule has 196 valence electrons. The molecule has 0 radical (unpaired) electrons. The normalized spacial score (nSPS) is 11.0. The third-order valence-corrected chi connectivity index (χ3v) is 10.6. The molecule has 0 saturated heterocycles. The Morgan fingerprint density at radius 1 is 0.268 bits per heavy atom. The second-order valence-corrected chi connectivity index (χ2v) is 14.0. The molecule has 3 heteroatoms. The van der Waals surface area contributed by atoms with E-state index in [1.807, 2.05) is 22.7 Å². The third-order valence-electron chi connectivity index (χ3n) is 7.35. The molecule has 0 aliphatic heterocycles. The number of benzene rings is 5. The molecule has 0 atom stereocenters. The highest BCUT2D eigenvalue weighted by Crippen LogP contribution is 2.38. The molecule has 5 aromatic carbocycles. The van der Waals surface area contributed by atoms with E-state index >= 15 is 0 Å². The van der Waals surface area contributed by atoms with Crippen molar-refractivity contribution < 1.29 is 0 Å². The number of rotatable bonds is 6. The Bertz CT molecular complexity index is 1890. The number of hydrogen-bond acceptors (Lipinski definition) is 2. The summed E-state index contributed by atoms with van der Waals surface area (Å²) >= 11 is 6.09. The summed E-state index contributed by atoms with van der Waals surface area (Å²) in [6.07, 6.45) is 0. The molecular weight excluding hydrogens is 647 g/mol. The zero-order valence-corrected chi connectivity index (χ0v) is 25.9. The highest BCUT2D eigenvalue weighted by molar-refractivity contribution is 14.1. The van der Waals surface area contributed by atoms with Gasteiger partial charge in [0.2, 0.25) is 0 Å². The summed E-state index contributed by atoms with van der Waals surface area (Å²) in [5.41, 5.74) is 11.1. The van der Waals surface area contributed by atoms with Crippen molar-refractivity contribution in [2.45, 2.75) is 0 Å². The predicted octanol–water partition coefficient (Wildman–Crippen LogP) is 12.4. The first-order valence-electron chi connectivity index (χ1n) is 13.5. The standard InChI is InChI=1S/C38H25IS2/c39-38-25-24-37(41-38)36-23-22-35(40-36)34-20-18-33(19-21-34)32-16-14-31(15-17-32)30-12-10-29(11-13-30)28-8-6-27(7-9-28)26-4-2-1-3-5-26/h1-25H. The topological polar surface area (TPSA) is 0 Å². The van der Waals surface area contributed by atoms with E-state index in [1.165, 1.54) is 67.6 Å². The quantitative estimate of drug-likeness (QED) is 0.154. The second kappa shape index (κ2) is 11.6. The van der Waals surface area contributed by atoms with Crippen LogP contribution in [0.1, 0.15) is 0 Å². The van der Waals surface area contributed by atoms with Gasteiger partial charge in [-0.25, -0.2) is 0 Å². The van der Waals surface area contributed by atoms with E-state index in [-0.39, 0.29) is 0 Å². The Kier molecular flexibility index (Phi) is 7.41. The molecule has 0 bridgehead atoms. The van der Waals surface area contributed by atoms with Gasteiger partial charge in [-0.05, 0) is 96.9 Å². The van der Waals surface area contributed by atoms with Crippen LogP contribution in [-0.2, 0) is 0 Å². The van der Waals surface area contributed by atoms with Crippen LogP contribution in [0.3, 0.4) is 0 Å². The van der Waals surface area contributed by atoms with Crippen LogP contribution >= 0.6 is 45.3 Å². The second-order valence-electron chi connectivity index (χ2n) is 9.94. The fraction of sp³-hybridized carbons (Fsp3) is 0. The molecule has 0 N–H and O–H groups in total. The Hall–Kier alpha value is -3.77. The van der Waals surface area contributed by atoms with Crippen LogP contribution in [0.5, 0.6) is 0 Å². The molecule has 0 saturated carbocycles. The largest absolute Gasteiger partial charge is 0.134 e. The van der Waals surface area contributed by atoms with Gasteiger partial charge in [-0.1, -0.05) is 127 Å². The molecule has 0 fully saturated rings. The first-order chi connectivity index (χ1) is 20.2. The van der Waals surface area contributed by atoms with Crippen LogP contribution in [0.4, 0.5) is 0 Å². The Labute approximate surface area is 262 Å². The summed E-state index contributed by atoms with van der Waals surface area (Å²) in [7, 11) is 0. The van der Waals surface area contributed by atoms with E-state index in [2.05, 4.69) is 174 Å². The zero-order chi connectivity index (χ0) is 27.6. The summed E-state index contributed by atoms with van der Waals surface area (Å²) in [5.74, 6) is 0. The fourth-order valence-corrected chi connectivity index (χ4v) is 7.82. The van der Waals surface area contributed by atoms with Crippen LogP contribution in [0.2, 0.25) is 0 Å². The van der Waals surface area contributed by atoms with E-state index in [4.69, 9.17) is 0 Å². The Morgan fingerprint density at radius 2 is 0.585 bits per heavy atom. The number of thiophene rings is 2. The van der Waals surface area contributed by atoms with Gasteiger partial charge in [0.15, 0.2) is 0 Å². The maximum absolute atomic E-state index is 2.39. The highest BCUT2D eigenvalue weighted by Gasteiger charge is 2.08. The van der Waals surface area contributed by atoms with Crippen LogP contribution in [0, 0.1) is 2.88 Å². The molecule has 0 spiro atoms. The van der Waals surface area contributed by atoms with E-state index in [0.29, 0.717) is 0 Å². The van der Waals surface area contributed by atoms with Gasteiger partial charge in [0.25, 0.3) is 0 Å². The SMILES string of the molecule is Ic1ccc(-c2ccc(-c3ccc(-c4ccc(-c5ccc(-c6ccc(-c7ccccc7)cc6)cc5)cc4)cc3)s2)s1. The Morgan fingerprint density at radius 3 is 0.976 bits per heavy atom. The van der Waals surface area contributed by atoms with Crippen molar-refractivity contribution in [3.05, 3.63) is 155 Å². The van der Waals surface area contributed by atoms with E-state index in [9.17, 15) is 0 Å². The van der Waals surface area contributed by atoms with Gasteiger partial charge in [-0.3, -0.25) is 0 Å². The van der Waals surface area contributed by atoms with Gasteiger partial charge >= 0.3 is 0 Å². The predicted molar refractivity (Wildman–Crippen MR) is 188 cm³/mol. The molecule has 0 unspecified atom stereocenters. The van der Waals surface area contributed by atoms with Crippen LogP contribution in [-0.4, -0.2) is 0 Å². The first-order valence-corrected chi connectivity index (χ1v) is 16.2. The van der Waals surface area contributed by atoms with Crippen LogP contribution < -0.4 is 0 Å². The molecule has 0 nitrogen and oxygen atoms in total. The summed E-state index contributed by atoms with van der Waals surface area (Å²) in [6, 6.07) is 54.9. The first kappa shape index (κ1) is 26.1. The molecule has 2 heterocycles. The average Bonchev–Trinajstić information content (AvgIpc) is 3.72. The molecule has 0 aliphatic rings. The molecule has 0 amide bonds. The van der Waals surface area contributed by atoms with E-state index in [1.54, 1.807) is 0 Å². The molecule has 2 aromatic heterocycles. The van der Waals surface area contributed by atoms with Gasteiger partial charge in [0.05, 0.1) is 2.88 Å². The van der Waals surface area contributed by atoms with Crippen molar-refractivity contribution in [3.63, 3.8) is 0 Å². The monoisotopic (exact) mass is 672 g/mol. The summed E-state index contributed by atoms with van der Waals surface area (Å²) in [6.45, 7) is 0. The van der Waals surface area contributed by atoms with Crippen molar-refractivity contribution in [2.24, 2.45) is 0 Å². The smallest absolute Gasteiger partial charge is 0.0660 e. The number of halogens is 1.